The third kappa shape index (κ3) is 4.51. The number of ether oxygens (including phenoxy) is 1. The molecule has 1 aromatic rings. The average molecular weight is 294 g/mol. The van der Waals surface area contributed by atoms with E-state index >= 15 is 0 Å². The van der Waals surface area contributed by atoms with Gasteiger partial charge in [0.2, 0.25) is 5.91 Å². The minimum absolute atomic E-state index is 0.0247. The van der Waals surface area contributed by atoms with Crippen molar-refractivity contribution in [2.75, 3.05) is 26.3 Å². The van der Waals surface area contributed by atoms with Crippen LogP contribution in [0.4, 0.5) is 4.39 Å². The molecule has 4 nitrogen and oxygen atoms in total. The van der Waals surface area contributed by atoms with Crippen LogP contribution in [0.15, 0.2) is 24.3 Å². The molecule has 1 fully saturated rings. The van der Waals surface area contributed by atoms with Crippen LogP contribution < -0.4 is 5.32 Å². The highest BCUT2D eigenvalue weighted by Crippen LogP contribution is 2.22. The standard InChI is InChI=1S/C16H23FN2O2/c1-12(2)6-8-21-9-7-19-15(20)11-18-16(19)13-4-3-5-14(17)10-13/h3-5,10,12,16,18H,6-9,11H2,1-2H3. The van der Waals surface area contributed by atoms with Crippen LogP contribution in [0.25, 0.3) is 0 Å². The lowest BCUT2D eigenvalue weighted by molar-refractivity contribution is -0.128. The fraction of sp³-hybridized carbons (Fsp3) is 0.562. The van der Waals surface area contributed by atoms with Crippen molar-refractivity contribution in [1.29, 1.82) is 0 Å². The summed E-state index contributed by atoms with van der Waals surface area (Å²) < 4.78 is 18.9. The summed E-state index contributed by atoms with van der Waals surface area (Å²) in [7, 11) is 0. The second-order valence-electron chi connectivity index (χ2n) is 5.72. The number of benzene rings is 1. The molecular weight excluding hydrogens is 271 g/mol. The Morgan fingerprint density at radius 3 is 2.95 bits per heavy atom. The summed E-state index contributed by atoms with van der Waals surface area (Å²) in [6.07, 6.45) is 0.751. The zero-order chi connectivity index (χ0) is 15.2. The highest BCUT2D eigenvalue weighted by atomic mass is 19.1. The molecule has 1 heterocycles. The van der Waals surface area contributed by atoms with Crippen LogP contribution in [-0.2, 0) is 9.53 Å². The SMILES string of the molecule is CC(C)CCOCCN1C(=O)CNC1c1cccc(F)c1. The van der Waals surface area contributed by atoms with Gasteiger partial charge in [0.05, 0.1) is 13.2 Å². The minimum atomic E-state index is -0.290. The smallest absolute Gasteiger partial charge is 0.238 e. The predicted molar refractivity (Wildman–Crippen MR) is 79.1 cm³/mol. The molecule has 5 heteroatoms. The van der Waals surface area contributed by atoms with Crippen molar-refractivity contribution in [3.8, 4) is 0 Å². The molecule has 116 valence electrons. The van der Waals surface area contributed by atoms with Gasteiger partial charge in [0.1, 0.15) is 12.0 Å². The van der Waals surface area contributed by atoms with Gasteiger partial charge in [0, 0.05) is 13.2 Å². The van der Waals surface area contributed by atoms with E-state index in [1.165, 1.54) is 12.1 Å². The van der Waals surface area contributed by atoms with E-state index < -0.39 is 0 Å². The minimum Gasteiger partial charge on any atom is -0.380 e. The Bertz CT molecular complexity index is 479. The molecule has 0 aromatic heterocycles. The number of halogens is 1. The normalized spacial score (nSPS) is 18.8. The Morgan fingerprint density at radius 2 is 2.24 bits per heavy atom. The van der Waals surface area contributed by atoms with E-state index in [1.807, 2.05) is 6.07 Å². The number of carbonyl (C=O) groups is 1. The van der Waals surface area contributed by atoms with Gasteiger partial charge < -0.3 is 9.64 Å². The second-order valence-corrected chi connectivity index (χ2v) is 5.72. The van der Waals surface area contributed by atoms with Crippen molar-refractivity contribution in [2.24, 2.45) is 5.92 Å². The van der Waals surface area contributed by atoms with E-state index in [0.717, 1.165) is 12.0 Å². The first-order chi connectivity index (χ1) is 10.1. The molecule has 0 bridgehead atoms. The third-order valence-electron chi connectivity index (χ3n) is 3.56. The lowest BCUT2D eigenvalue weighted by Crippen LogP contribution is -2.33. The molecule has 1 N–H and O–H groups in total. The summed E-state index contributed by atoms with van der Waals surface area (Å²) in [5.41, 5.74) is 0.767. The summed E-state index contributed by atoms with van der Waals surface area (Å²) in [5, 5.41) is 3.11. The highest BCUT2D eigenvalue weighted by Gasteiger charge is 2.31. The quantitative estimate of drug-likeness (QED) is 0.785. The van der Waals surface area contributed by atoms with E-state index in [1.54, 1.807) is 11.0 Å². The van der Waals surface area contributed by atoms with Gasteiger partial charge >= 0.3 is 0 Å². The first kappa shape index (κ1) is 15.9. The molecule has 0 radical (unpaired) electrons. The summed E-state index contributed by atoms with van der Waals surface area (Å²) in [4.78, 5) is 13.6. The zero-order valence-corrected chi connectivity index (χ0v) is 12.6. The van der Waals surface area contributed by atoms with Crippen molar-refractivity contribution in [2.45, 2.75) is 26.4 Å². The van der Waals surface area contributed by atoms with E-state index in [2.05, 4.69) is 19.2 Å². The average Bonchev–Trinajstić information content (AvgIpc) is 2.79. The number of hydrogen-bond donors (Lipinski definition) is 1. The van der Waals surface area contributed by atoms with Crippen LogP contribution in [0.3, 0.4) is 0 Å². The molecule has 0 spiro atoms. The predicted octanol–water partition coefficient (Wildman–Crippen LogP) is 2.32. The maximum absolute atomic E-state index is 13.3. The fourth-order valence-electron chi connectivity index (χ4n) is 2.35. The molecule has 1 aromatic carbocycles. The molecular formula is C16H23FN2O2. The van der Waals surface area contributed by atoms with Crippen molar-refractivity contribution in [3.05, 3.63) is 35.6 Å². The molecule has 1 aliphatic heterocycles. The Balaban J connectivity index is 1.88. The zero-order valence-electron chi connectivity index (χ0n) is 12.6. The van der Waals surface area contributed by atoms with Gasteiger partial charge in [-0.3, -0.25) is 10.1 Å². The van der Waals surface area contributed by atoms with Crippen LogP contribution >= 0.6 is 0 Å². The Labute approximate surface area is 125 Å². The molecule has 1 aliphatic rings. The molecule has 1 unspecified atom stereocenters. The topological polar surface area (TPSA) is 41.6 Å². The first-order valence-corrected chi connectivity index (χ1v) is 7.44. The molecule has 1 amide bonds. The molecule has 0 saturated carbocycles. The largest absolute Gasteiger partial charge is 0.380 e. The Hall–Kier alpha value is -1.46. The lowest BCUT2D eigenvalue weighted by Gasteiger charge is -2.24. The van der Waals surface area contributed by atoms with Crippen LogP contribution in [0.5, 0.6) is 0 Å². The maximum Gasteiger partial charge on any atom is 0.238 e. The lowest BCUT2D eigenvalue weighted by atomic mass is 10.1. The van der Waals surface area contributed by atoms with Gasteiger partial charge in [-0.05, 0) is 30.0 Å². The summed E-state index contributed by atoms with van der Waals surface area (Å²) in [6, 6.07) is 6.35. The van der Waals surface area contributed by atoms with Gasteiger partial charge in [-0.25, -0.2) is 4.39 Å². The van der Waals surface area contributed by atoms with Gasteiger partial charge in [-0.2, -0.15) is 0 Å². The second kappa shape index (κ2) is 7.52. The molecule has 1 atom stereocenters. The van der Waals surface area contributed by atoms with Crippen molar-refractivity contribution in [1.82, 2.24) is 10.2 Å². The number of carbonyl (C=O) groups excluding carboxylic acids is 1. The van der Waals surface area contributed by atoms with Crippen LogP contribution in [0.1, 0.15) is 32.0 Å². The summed E-state index contributed by atoms with van der Waals surface area (Å²) in [5.74, 6) is 0.346. The number of hydrogen-bond acceptors (Lipinski definition) is 3. The Kier molecular flexibility index (Phi) is 5.70. The summed E-state index contributed by atoms with van der Waals surface area (Å²) >= 11 is 0. The molecule has 1 saturated heterocycles. The highest BCUT2D eigenvalue weighted by molar-refractivity contribution is 5.80. The van der Waals surface area contributed by atoms with Gasteiger partial charge in [0.15, 0.2) is 0 Å². The van der Waals surface area contributed by atoms with E-state index in [-0.39, 0.29) is 24.4 Å². The van der Waals surface area contributed by atoms with Crippen LogP contribution in [-0.4, -0.2) is 37.1 Å². The van der Waals surface area contributed by atoms with E-state index in [9.17, 15) is 9.18 Å². The molecule has 21 heavy (non-hydrogen) atoms. The number of nitrogens with zero attached hydrogens (tertiary/aromatic N) is 1. The van der Waals surface area contributed by atoms with E-state index in [4.69, 9.17) is 4.74 Å². The number of nitrogens with one attached hydrogen (secondary N) is 1. The first-order valence-electron chi connectivity index (χ1n) is 7.44. The van der Waals surface area contributed by atoms with Gasteiger partial charge in [-0.15, -0.1) is 0 Å². The monoisotopic (exact) mass is 294 g/mol. The fourth-order valence-corrected chi connectivity index (χ4v) is 2.35. The van der Waals surface area contributed by atoms with Crippen molar-refractivity contribution >= 4 is 5.91 Å². The van der Waals surface area contributed by atoms with Gasteiger partial charge in [0.25, 0.3) is 0 Å². The van der Waals surface area contributed by atoms with E-state index in [0.29, 0.717) is 25.7 Å². The summed E-state index contributed by atoms with van der Waals surface area (Å²) in [6.45, 7) is 6.32. The third-order valence-corrected chi connectivity index (χ3v) is 3.56. The Morgan fingerprint density at radius 1 is 1.43 bits per heavy atom. The van der Waals surface area contributed by atoms with Crippen molar-refractivity contribution < 1.29 is 13.9 Å². The number of rotatable bonds is 7. The van der Waals surface area contributed by atoms with Crippen molar-refractivity contribution in [3.63, 3.8) is 0 Å². The maximum atomic E-state index is 13.3. The molecule has 0 aliphatic carbocycles. The van der Waals surface area contributed by atoms with Crippen LogP contribution in [0, 0.1) is 11.7 Å². The van der Waals surface area contributed by atoms with Crippen LogP contribution in [0.2, 0.25) is 0 Å². The number of amides is 1. The van der Waals surface area contributed by atoms with Gasteiger partial charge in [-0.1, -0.05) is 26.0 Å². The molecule has 2 rings (SSSR count).